The van der Waals surface area contributed by atoms with Crippen molar-refractivity contribution in [2.24, 2.45) is 5.73 Å². The number of primary amides is 1. The van der Waals surface area contributed by atoms with Gasteiger partial charge in [-0.25, -0.2) is 0 Å². The van der Waals surface area contributed by atoms with E-state index in [9.17, 15) is 4.79 Å². The molecular formula is C11H15NO4. The molecule has 0 aliphatic rings. The lowest BCUT2D eigenvalue weighted by atomic mass is 10.1. The Labute approximate surface area is 94.1 Å². The Kier molecular flexibility index (Phi) is 3.99. The molecule has 0 aliphatic heterocycles. The summed E-state index contributed by atoms with van der Waals surface area (Å²) in [6.07, 6.45) is 0. The van der Waals surface area contributed by atoms with Crippen LogP contribution in [0.4, 0.5) is 0 Å². The van der Waals surface area contributed by atoms with Crippen LogP contribution in [0.5, 0.6) is 17.2 Å². The minimum Gasteiger partial charge on any atom is -0.493 e. The molecule has 0 spiro atoms. The summed E-state index contributed by atoms with van der Waals surface area (Å²) >= 11 is 0. The van der Waals surface area contributed by atoms with Gasteiger partial charge >= 0.3 is 0 Å². The molecule has 0 radical (unpaired) electrons. The van der Waals surface area contributed by atoms with Gasteiger partial charge in [0.05, 0.1) is 20.8 Å². The molecule has 5 nitrogen and oxygen atoms in total. The highest BCUT2D eigenvalue weighted by Gasteiger charge is 2.15. The molecule has 5 heteroatoms. The van der Waals surface area contributed by atoms with Crippen molar-refractivity contribution >= 4 is 5.91 Å². The maximum Gasteiger partial charge on any atom is 0.248 e. The molecule has 0 unspecified atom stereocenters. The quantitative estimate of drug-likeness (QED) is 0.817. The number of carbonyl (C=O) groups is 1. The molecule has 0 saturated heterocycles. The second kappa shape index (κ2) is 5.25. The van der Waals surface area contributed by atoms with E-state index in [2.05, 4.69) is 0 Å². The Morgan fingerprint density at radius 2 is 1.75 bits per heavy atom. The average Bonchev–Trinajstić information content (AvgIpc) is 2.29. The first-order chi connectivity index (χ1) is 7.63. The van der Waals surface area contributed by atoms with E-state index in [1.54, 1.807) is 0 Å². The van der Waals surface area contributed by atoms with Crippen molar-refractivity contribution in [3.05, 3.63) is 17.7 Å². The van der Waals surface area contributed by atoms with E-state index in [1.807, 2.05) is 6.92 Å². The summed E-state index contributed by atoms with van der Waals surface area (Å²) in [4.78, 5) is 11.1. The first-order valence-corrected chi connectivity index (χ1v) is 4.82. The standard InChI is InChI=1S/C11H15NO4/c1-4-16-10-8(14-2)5-7(11(12)13)6-9(10)15-3/h5-6H,4H2,1-3H3,(H2,12,13). The van der Waals surface area contributed by atoms with Crippen molar-refractivity contribution < 1.29 is 19.0 Å². The van der Waals surface area contributed by atoms with Crippen molar-refractivity contribution in [1.29, 1.82) is 0 Å². The van der Waals surface area contributed by atoms with Gasteiger partial charge in [-0.3, -0.25) is 4.79 Å². The van der Waals surface area contributed by atoms with Crippen LogP contribution in [-0.2, 0) is 0 Å². The molecule has 0 atom stereocenters. The van der Waals surface area contributed by atoms with Crippen LogP contribution >= 0.6 is 0 Å². The molecule has 2 N–H and O–H groups in total. The Morgan fingerprint density at radius 1 is 1.25 bits per heavy atom. The van der Waals surface area contributed by atoms with Gasteiger partial charge < -0.3 is 19.9 Å². The summed E-state index contributed by atoms with van der Waals surface area (Å²) in [5, 5.41) is 0. The molecular weight excluding hydrogens is 210 g/mol. The Hall–Kier alpha value is -1.91. The van der Waals surface area contributed by atoms with Crippen molar-refractivity contribution in [2.75, 3.05) is 20.8 Å². The van der Waals surface area contributed by atoms with Crippen LogP contribution in [0.3, 0.4) is 0 Å². The van der Waals surface area contributed by atoms with Gasteiger partial charge in [0.25, 0.3) is 0 Å². The maximum atomic E-state index is 11.1. The van der Waals surface area contributed by atoms with Crippen molar-refractivity contribution in [2.45, 2.75) is 6.92 Å². The van der Waals surface area contributed by atoms with E-state index in [-0.39, 0.29) is 0 Å². The highest BCUT2D eigenvalue weighted by atomic mass is 16.5. The summed E-state index contributed by atoms with van der Waals surface area (Å²) in [7, 11) is 2.98. The number of amides is 1. The van der Waals surface area contributed by atoms with E-state index in [1.165, 1.54) is 26.4 Å². The molecule has 0 aliphatic carbocycles. The monoisotopic (exact) mass is 225 g/mol. The average molecular weight is 225 g/mol. The minimum absolute atomic E-state index is 0.317. The summed E-state index contributed by atoms with van der Waals surface area (Å²) in [5.74, 6) is 0.780. The molecule has 0 bridgehead atoms. The lowest BCUT2D eigenvalue weighted by Crippen LogP contribution is -2.11. The summed E-state index contributed by atoms with van der Waals surface area (Å²) in [6, 6.07) is 3.05. The zero-order valence-electron chi connectivity index (χ0n) is 9.57. The minimum atomic E-state index is -0.542. The van der Waals surface area contributed by atoms with Crippen LogP contribution in [0.15, 0.2) is 12.1 Å². The number of hydrogen-bond acceptors (Lipinski definition) is 4. The first kappa shape index (κ1) is 12.2. The van der Waals surface area contributed by atoms with Crippen molar-refractivity contribution in [1.82, 2.24) is 0 Å². The van der Waals surface area contributed by atoms with Crippen LogP contribution in [-0.4, -0.2) is 26.7 Å². The summed E-state index contributed by atoms with van der Waals surface area (Å²) in [6.45, 7) is 2.32. The van der Waals surface area contributed by atoms with Crippen LogP contribution < -0.4 is 19.9 Å². The number of nitrogens with two attached hydrogens (primary N) is 1. The molecule has 16 heavy (non-hydrogen) atoms. The van der Waals surface area contributed by atoms with Gasteiger partial charge in [0, 0.05) is 5.56 Å². The van der Waals surface area contributed by atoms with E-state index in [0.29, 0.717) is 29.4 Å². The number of methoxy groups -OCH3 is 2. The molecule has 88 valence electrons. The fourth-order valence-corrected chi connectivity index (χ4v) is 1.31. The van der Waals surface area contributed by atoms with Crippen LogP contribution in [0.25, 0.3) is 0 Å². The van der Waals surface area contributed by atoms with Gasteiger partial charge in [-0.05, 0) is 19.1 Å². The SMILES string of the molecule is CCOc1c(OC)cc(C(N)=O)cc1OC. The number of benzene rings is 1. The van der Waals surface area contributed by atoms with Gasteiger partial charge in [0.15, 0.2) is 11.5 Å². The number of ether oxygens (including phenoxy) is 3. The highest BCUT2D eigenvalue weighted by Crippen LogP contribution is 2.38. The Balaban J connectivity index is 3.30. The van der Waals surface area contributed by atoms with Crippen molar-refractivity contribution in [3.8, 4) is 17.2 Å². The van der Waals surface area contributed by atoms with E-state index >= 15 is 0 Å². The fraction of sp³-hybridized carbons (Fsp3) is 0.364. The van der Waals surface area contributed by atoms with Gasteiger partial charge in [-0.1, -0.05) is 0 Å². The third-order valence-electron chi connectivity index (χ3n) is 2.03. The second-order valence-electron chi connectivity index (χ2n) is 3.01. The van der Waals surface area contributed by atoms with Gasteiger partial charge in [-0.15, -0.1) is 0 Å². The van der Waals surface area contributed by atoms with Crippen molar-refractivity contribution in [3.63, 3.8) is 0 Å². The molecule has 0 saturated carbocycles. The third-order valence-corrected chi connectivity index (χ3v) is 2.03. The van der Waals surface area contributed by atoms with Gasteiger partial charge in [0.1, 0.15) is 0 Å². The predicted molar refractivity (Wildman–Crippen MR) is 59.2 cm³/mol. The highest BCUT2D eigenvalue weighted by molar-refractivity contribution is 5.94. The number of hydrogen-bond donors (Lipinski definition) is 1. The van der Waals surface area contributed by atoms with E-state index in [0.717, 1.165) is 0 Å². The molecule has 1 amide bonds. The Bertz CT molecular complexity index is 365. The number of carbonyl (C=O) groups excluding carboxylic acids is 1. The molecule has 0 heterocycles. The van der Waals surface area contributed by atoms with Gasteiger partial charge in [0.2, 0.25) is 11.7 Å². The largest absolute Gasteiger partial charge is 0.493 e. The smallest absolute Gasteiger partial charge is 0.248 e. The summed E-state index contributed by atoms with van der Waals surface area (Å²) < 4.78 is 15.6. The third kappa shape index (κ3) is 2.36. The van der Waals surface area contributed by atoms with Crippen LogP contribution in [0.1, 0.15) is 17.3 Å². The molecule has 0 aromatic heterocycles. The van der Waals surface area contributed by atoms with Crippen LogP contribution in [0, 0.1) is 0 Å². The molecule has 0 fully saturated rings. The first-order valence-electron chi connectivity index (χ1n) is 4.82. The predicted octanol–water partition coefficient (Wildman–Crippen LogP) is 1.20. The fourth-order valence-electron chi connectivity index (χ4n) is 1.31. The molecule has 1 rings (SSSR count). The molecule has 1 aromatic rings. The van der Waals surface area contributed by atoms with Gasteiger partial charge in [-0.2, -0.15) is 0 Å². The van der Waals surface area contributed by atoms with Crippen LogP contribution in [0.2, 0.25) is 0 Å². The number of rotatable bonds is 5. The maximum absolute atomic E-state index is 11.1. The van der Waals surface area contributed by atoms with E-state index < -0.39 is 5.91 Å². The normalized spacial score (nSPS) is 9.69. The summed E-state index contributed by atoms with van der Waals surface area (Å²) in [5.41, 5.74) is 5.51. The second-order valence-corrected chi connectivity index (χ2v) is 3.01. The topological polar surface area (TPSA) is 70.8 Å². The lowest BCUT2D eigenvalue weighted by Gasteiger charge is -2.14. The molecule has 1 aromatic carbocycles. The zero-order valence-corrected chi connectivity index (χ0v) is 9.57. The Morgan fingerprint density at radius 3 is 2.06 bits per heavy atom. The van der Waals surface area contributed by atoms with E-state index in [4.69, 9.17) is 19.9 Å². The lowest BCUT2D eigenvalue weighted by molar-refractivity contribution is 0.0999. The zero-order chi connectivity index (χ0) is 12.1.